The van der Waals surface area contributed by atoms with Crippen LogP contribution in [0, 0.1) is 0 Å². The van der Waals surface area contributed by atoms with Gasteiger partial charge in [-0.1, -0.05) is 6.92 Å². The summed E-state index contributed by atoms with van der Waals surface area (Å²) in [7, 11) is 1.87. The van der Waals surface area contributed by atoms with Gasteiger partial charge in [-0.05, 0) is 19.4 Å². The quantitative estimate of drug-likeness (QED) is 0.824. The molecule has 2 rings (SSSR count). The highest BCUT2D eigenvalue weighted by Gasteiger charge is 2.05. The first-order chi connectivity index (χ1) is 8.72. The first kappa shape index (κ1) is 12.8. The van der Waals surface area contributed by atoms with E-state index in [1.165, 1.54) is 5.69 Å². The smallest absolute Gasteiger partial charge is 0.164 e. The fraction of sp³-hybridized carbons (Fsp3) is 0.583. The largest absolute Gasteiger partial charge is 0.304 e. The van der Waals surface area contributed by atoms with Gasteiger partial charge in [0.2, 0.25) is 0 Å². The van der Waals surface area contributed by atoms with Crippen LogP contribution in [-0.2, 0) is 33.1 Å². The van der Waals surface area contributed by atoms with Crippen LogP contribution in [0.2, 0.25) is 0 Å². The van der Waals surface area contributed by atoms with E-state index in [4.69, 9.17) is 0 Å². The molecule has 2 heterocycles. The lowest BCUT2D eigenvalue weighted by Gasteiger charge is -2.04. The van der Waals surface area contributed by atoms with Crippen molar-refractivity contribution in [3.8, 4) is 0 Å². The van der Waals surface area contributed by atoms with Crippen LogP contribution in [0.15, 0.2) is 12.4 Å². The van der Waals surface area contributed by atoms with Gasteiger partial charge in [0.05, 0.1) is 17.9 Å². The lowest BCUT2D eigenvalue weighted by atomic mass is 10.3. The molecular formula is C12H20N6. The van der Waals surface area contributed by atoms with Crippen LogP contribution >= 0.6 is 0 Å². The van der Waals surface area contributed by atoms with E-state index >= 15 is 0 Å². The zero-order valence-electron chi connectivity index (χ0n) is 11.2. The molecule has 0 fully saturated rings. The molecule has 0 bridgehead atoms. The van der Waals surface area contributed by atoms with Gasteiger partial charge in [-0.15, -0.1) is 0 Å². The minimum atomic E-state index is 0.678. The average molecular weight is 248 g/mol. The van der Waals surface area contributed by atoms with Crippen molar-refractivity contribution in [1.29, 1.82) is 0 Å². The van der Waals surface area contributed by atoms with E-state index in [1.807, 2.05) is 11.7 Å². The molecule has 0 aliphatic carbocycles. The Balaban J connectivity index is 1.91. The van der Waals surface area contributed by atoms with Crippen molar-refractivity contribution in [3.05, 3.63) is 29.6 Å². The van der Waals surface area contributed by atoms with Crippen molar-refractivity contribution in [2.75, 3.05) is 0 Å². The predicted octanol–water partition coefficient (Wildman–Crippen LogP) is 0.884. The first-order valence-corrected chi connectivity index (χ1v) is 6.33. The van der Waals surface area contributed by atoms with Gasteiger partial charge in [0.25, 0.3) is 0 Å². The van der Waals surface area contributed by atoms with Gasteiger partial charge in [-0.3, -0.25) is 9.36 Å². The predicted molar refractivity (Wildman–Crippen MR) is 68.8 cm³/mol. The van der Waals surface area contributed by atoms with Crippen molar-refractivity contribution in [3.63, 3.8) is 0 Å². The summed E-state index contributed by atoms with van der Waals surface area (Å²) in [5.41, 5.74) is 2.36. The lowest BCUT2D eigenvalue weighted by Crippen LogP contribution is -2.17. The fourth-order valence-corrected chi connectivity index (χ4v) is 1.87. The van der Waals surface area contributed by atoms with Crippen LogP contribution < -0.4 is 5.32 Å². The maximum absolute atomic E-state index is 4.52. The van der Waals surface area contributed by atoms with Gasteiger partial charge in [0, 0.05) is 20.1 Å². The molecule has 6 heteroatoms. The topological polar surface area (TPSA) is 60.6 Å². The summed E-state index contributed by atoms with van der Waals surface area (Å²) >= 11 is 0. The van der Waals surface area contributed by atoms with Crippen LogP contribution in [0.4, 0.5) is 0 Å². The second kappa shape index (κ2) is 5.77. The molecule has 0 saturated heterocycles. The molecule has 0 amide bonds. The van der Waals surface area contributed by atoms with Crippen LogP contribution in [0.5, 0.6) is 0 Å². The Morgan fingerprint density at radius 3 is 2.67 bits per heavy atom. The SMILES string of the molecule is CCc1cc(CNCc2ncn(C)n2)n(CC)n1. The minimum Gasteiger partial charge on any atom is -0.304 e. The van der Waals surface area contributed by atoms with E-state index in [9.17, 15) is 0 Å². The molecule has 0 aliphatic heterocycles. The Morgan fingerprint density at radius 1 is 1.22 bits per heavy atom. The number of nitrogens with one attached hydrogen (secondary N) is 1. The molecule has 0 unspecified atom stereocenters. The molecule has 2 aromatic rings. The number of aryl methyl sites for hydroxylation is 3. The van der Waals surface area contributed by atoms with Crippen molar-refractivity contribution in [2.45, 2.75) is 39.9 Å². The Hall–Kier alpha value is -1.69. The third-order valence-corrected chi connectivity index (χ3v) is 2.81. The van der Waals surface area contributed by atoms with Gasteiger partial charge in [0.15, 0.2) is 5.82 Å². The van der Waals surface area contributed by atoms with Crippen molar-refractivity contribution in [2.24, 2.45) is 7.05 Å². The molecule has 6 nitrogen and oxygen atoms in total. The molecule has 0 radical (unpaired) electrons. The standard InChI is InChI=1S/C12H20N6/c1-4-10-6-11(18(5-2)15-10)7-13-8-12-14-9-17(3)16-12/h6,9,13H,4-5,7-8H2,1-3H3. The van der Waals surface area contributed by atoms with E-state index in [0.29, 0.717) is 6.54 Å². The molecular weight excluding hydrogens is 228 g/mol. The van der Waals surface area contributed by atoms with Crippen LogP contribution in [0.25, 0.3) is 0 Å². The fourth-order valence-electron chi connectivity index (χ4n) is 1.87. The second-order valence-corrected chi connectivity index (χ2v) is 4.23. The summed E-state index contributed by atoms with van der Waals surface area (Å²) in [4.78, 5) is 4.18. The zero-order chi connectivity index (χ0) is 13.0. The summed E-state index contributed by atoms with van der Waals surface area (Å²) in [5.74, 6) is 0.816. The summed E-state index contributed by atoms with van der Waals surface area (Å²) in [6.45, 7) is 6.60. The van der Waals surface area contributed by atoms with Gasteiger partial charge >= 0.3 is 0 Å². The van der Waals surface area contributed by atoms with Gasteiger partial charge in [-0.2, -0.15) is 10.2 Å². The minimum absolute atomic E-state index is 0.678. The summed E-state index contributed by atoms with van der Waals surface area (Å²) < 4.78 is 3.75. The summed E-state index contributed by atoms with van der Waals surface area (Å²) in [6.07, 6.45) is 2.68. The monoisotopic (exact) mass is 248 g/mol. The van der Waals surface area contributed by atoms with E-state index in [0.717, 1.165) is 31.0 Å². The average Bonchev–Trinajstić information content (AvgIpc) is 2.95. The van der Waals surface area contributed by atoms with Crippen LogP contribution in [0.3, 0.4) is 0 Å². The van der Waals surface area contributed by atoms with E-state index in [-0.39, 0.29) is 0 Å². The Morgan fingerprint density at radius 2 is 2.06 bits per heavy atom. The van der Waals surface area contributed by atoms with Crippen LogP contribution in [-0.4, -0.2) is 24.5 Å². The van der Waals surface area contributed by atoms with Gasteiger partial charge in [-0.25, -0.2) is 4.98 Å². The van der Waals surface area contributed by atoms with Crippen molar-refractivity contribution in [1.82, 2.24) is 29.9 Å². The molecule has 1 N–H and O–H groups in total. The van der Waals surface area contributed by atoms with Crippen molar-refractivity contribution < 1.29 is 0 Å². The molecule has 0 aromatic carbocycles. The Labute approximate surface area is 107 Å². The number of aromatic nitrogens is 5. The molecule has 2 aromatic heterocycles. The molecule has 98 valence electrons. The molecule has 0 spiro atoms. The first-order valence-electron chi connectivity index (χ1n) is 6.33. The summed E-state index contributed by atoms with van der Waals surface area (Å²) in [5, 5.41) is 12.1. The Kier molecular flexibility index (Phi) is 4.09. The van der Waals surface area contributed by atoms with Crippen LogP contribution in [0.1, 0.15) is 31.1 Å². The maximum atomic E-state index is 4.52. The van der Waals surface area contributed by atoms with Gasteiger partial charge < -0.3 is 5.32 Å². The maximum Gasteiger partial charge on any atom is 0.164 e. The molecule has 0 saturated carbocycles. The molecule has 18 heavy (non-hydrogen) atoms. The normalized spacial score (nSPS) is 11.1. The second-order valence-electron chi connectivity index (χ2n) is 4.23. The highest BCUT2D eigenvalue weighted by Crippen LogP contribution is 2.05. The van der Waals surface area contributed by atoms with E-state index in [2.05, 4.69) is 40.4 Å². The zero-order valence-corrected chi connectivity index (χ0v) is 11.2. The van der Waals surface area contributed by atoms with Crippen molar-refractivity contribution >= 4 is 0 Å². The number of rotatable bonds is 6. The highest BCUT2D eigenvalue weighted by molar-refractivity contribution is 5.10. The number of hydrogen-bond acceptors (Lipinski definition) is 4. The third-order valence-electron chi connectivity index (χ3n) is 2.81. The van der Waals surface area contributed by atoms with E-state index in [1.54, 1.807) is 11.0 Å². The van der Waals surface area contributed by atoms with E-state index < -0.39 is 0 Å². The third kappa shape index (κ3) is 2.95. The molecule has 0 atom stereocenters. The highest BCUT2D eigenvalue weighted by atomic mass is 15.3. The molecule has 0 aliphatic rings. The lowest BCUT2D eigenvalue weighted by molar-refractivity contribution is 0.569. The number of hydrogen-bond donors (Lipinski definition) is 1. The Bertz CT molecular complexity index is 498. The van der Waals surface area contributed by atoms with Gasteiger partial charge in [0.1, 0.15) is 6.33 Å². The summed E-state index contributed by atoms with van der Waals surface area (Å²) in [6, 6.07) is 2.16. The number of nitrogens with zero attached hydrogens (tertiary/aromatic N) is 5.